The number of allylic oxidation sites excluding steroid dienone is 2. The molecule has 0 radical (unpaired) electrons. The van der Waals surface area contributed by atoms with Gasteiger partial charge in [-0.05, 0) is 62.9 Å². The van der Waals surface area contributed by atoms with Gasteiger partial charge in [-0.3, -0.25) is 10.1 Å². The van der Waals surface area contributed by atoms with Gasteiger partial charge in [0.1, 0.15) is 0 Å². The van der Waals surface area contributed by atoms with E-state index in [-0.39, 0.29) is 17.7 Å². The number of hydrogen-bond acceptors (Lipinski definition) is 8. The maximum atomic E-state index is 13.7. The molecule has 0 N–H and O–H groups in total. The Morgan fingerprint density at radius 1 is 0.848 bits per heavy atom. The Morgan fingerprint density at radius 3 is 1.87 bits per heavy atom. The number of ether oxygens (including phenoxy) is 2. The highest BCUT2D eigenvalue weighted by Crippen LogP contribution is 2.43. The van der Waals surface area contributed by atoms with Gasteiger partial charge in [0.2, 0.25) is 0 Å². The van der Waals surface area contributed by atoms with Crippen molar-refractivity contribution in [2.75, 3.05) is 40.4 Å². The Morgan fingerprint density at radius 2 is 1.37 bits per heavy atom. The van der Waals surface area contributed by atoms with Crippen molar-refractivity contribution in [3.63, 3.8) is 0 Å². The standard InChI is InChI=1S/C37H41N3O6/c1-26-32(35(41)45-4)34(28-16-18-31(19-17-28)40(43)44)33(27(2)38(26)3)36(42)46-25-11-22-39-23-20-37(21-24-39,29-12-7-5-8-13-29)30-14-9-6-10-15-30/h5-10,12-19,34H,11,20-25H2,1-4H3. The van der Waals surface area contributed by atoms with Crippen molar-refractivity contribution >= 4 is 17.6 Å². The van der Waals surface area contributed by atoms with Crippen LogP contribution in [-0.4, -0.2) is 67.1 Å². The summed E-state index contributed by atoms with van der Waals surface area (Å²) >= 11 is 0. The first kappa shape index (κ1) is 32.6. The monoisotopic (exact) mass is 623 g/mol. The number of nitro groups is 1. The van der Waals surface area contributed by atoms with E-state index in [1.807, 2.05) is 6.92 Å². The quantitative estimate of drug-likeness (QED) is 0.111. The second kappa shape index (κ2) is 14.1. The van der Waals surface area contributed by atoms with Crippen molar-refractivity contribution in [1.29, 1.82) is 0 Å². The SMILES string of the molecule is COC(=O)C1=C(C)N(C)C(C)=C(C(=O)OCCCN2CCC(c3ccccc3)(c3ccccc3)CC2)C1c1ccc([N+](=O)[O-])cc1. The van der Waals surface area contributed by atoms with Crippen molar-refractivity contribution in [2.24, 2.45) is 0 Å². The van der Waals surface area contributed by atoms with Crippen LogP contribution in [0.4, 0.5) is 5.69 Å². The lowest BCUT2D eigenvalue weighted by Crippen LogP contribution is -2.43. The number of benzene rings is 3. The molecule has 0 amide bonds. The number of hydrogen-bond donors (Lipinski definition) is 0. The highest BCUT2D eigenvalue weighted by Gasteiger charge is 2.40. The minimum absolute atomic E-state index is 0.0294. The van der Waals surface area contributed by atoms with Gasteiger partial charge in [-0.25, -0.2) is 9.59 Å². The van der Waals surface area contributed by atoms with Gasteiger partial charge in [-0.15, -0.1) is 0 Å². The van der Waals surface area contributed by atoms with Crippen molar-refractivity contribution in [3.8, 4) is 0 Å². The second-order valence-corrected chi connectivity index (χ2v) is 12.0. The third kappa shape index (κ3) is 6.46. The van der Waals surface area contributed by atoms with Gasteiger partial charge < -0.3 is 19.3 Å². The number of esters is 2. The zero-order chi connectivity index (χ0) is 32.8. The van der Waals surface area contributed by atoms with E-state index >= 15 is 0 Å². The summed E-state index contributed by atoms with van der Waals surface area (Å²) in [6.45, 7) is 6.49. The van der Waals surface area contributed by atoms with Crippen LogP contribution >= 0.6 is 0 Å². The number of piperidine rings is 1. The maximum Gasteiger partial charge on any atom is 0.336 e. The Labute approximate surface area is 270 Å². The smallest absolute Gasteiger partial charge is 0.336 e. The van der Waals surface area contributed by atoms with E-state index in [0.717, 1.165) is 32.5 Å². The van der Waals surface area contributed by atoms with Crippen LogP contribution in [0.25, 0.3) is 0 Å². The van der Waals surface area contributed by atoms with Crippen LogP contribution in [-0.2, 0) is 24.5 Å². The average molecular weight is 624 g/mol. The highest BCUT2D eigenvalue weighted by atomic mass is 16.6. The van der Waals surface area contributed by atoms with Gasteiger partial charge in [0.15, 0.2) is 0 Å². The molecule has 9 nitrogen and oxygen atoms in total. The van der Waals surface area contributed by atoms with Crippen molar-refractivity contribution in [3.05, 3.63) is 134 Å². The van der Waals surface area contributed by atoms with Crippen LogP contribution in [0.3, 0.4) is 0 Å². The number of non-ortho nitro benzene ring substituents is 1. The van der Waals surface area contributed by atoms with E-state index in [4.69, 9.17) is 9.47 Å². The van der Waals surface area contributed by atoms with E-state index in [1.54, 1.807) is 31.0 Å². The summed E-state index contributed by atoms with van der Waals surface area (Å²) < 4.78 is 11.0. The molecule has 1 atom stereocenters. The van der Waals surface area contributed by atoms with E-state index in [2.05, 4.69) is 65.6 Å². The third-order valence-corrected chi connectivity index (χ3v) is 9.64. The number of likely N-dealkylation sites (tertiary alicyclic amines) is 1. The van der Waals surface area contributed by atoms with Crippen LogP contribution in [0, 0.1) is 10.1 Å². The summed E-state index contributed by atoms with van der Waals surface area (Å²) in [5, 5.41) is 11.3. The summed E-state index contributed by atoms with van der Waals surface area (Å²) in [7, 11) is 3.08. The molecule has 2 aliphatic heterocycles. The summed E-state index contributed by atoms with van der Waals surface area (Å²) in [5.74, 6) is -1.88. The van der Waals surface area contributed by atoms with Gasteiger partial charge in [0.25, 0.3) is 5.69 Å². The van der Waals surface area contributed by atoms with E-state index in [1.165, 1.54) is 30.4 Å². The summed E-state index contributed by atoms with van der Waals surface area (Å²) in [6.07, 6.45) is 2.66. The Kier molecular flexibility index (Phi) is 10.0. The molecule has 2 heterocycles. The predicted octanol–water partition coefficient (Wildman–Crippen LogP) is 6.36. The van der Waals surface area contributed by atoms with E-state index in [0.29, 0.717) is 34.5 Å². The molecule has 1 unspecified atom stereocenters. The fourth-order valence-electron chi connectivity index (χ4n) is 6.89. The Balaban J connectivity index is 1.26. The normalized spacial score (nSPS) is 18.3. The first-order chi connectivity index (χ1) is 22.2. The molecule has 0 spiro atoms. The molecule has 3 aromatic rings. The van der Waals surface area contributed by atoms with Crippen molar-refractivity contribution in [1.82, 2.24) is 9.80 Å². The molecule has 0 aliphatic carbocycles. The fourth-order valence-corrected chi connectivity index (χ4v) is 6.89. The Bertz CT molecular complexity index is 1580. The minimum Gasteiger partial charge on any atom is -0.466 e. The average Bonchev–Trinajstić information content (AvgIpc) is 3.09. The molecule has 1 saturated heterocycles. The van der Waals surface area contributed by atoms with Gasteiger partial charge in [0.05, 0.1) is 35.7 Å². The fraction of sp³-hybridized carbons (Fsp3) is 0.351. The summed E-state index contributed by atoms with van der Waals surface area (Å²) in [6, 6.07) is 27.4. The Hall–Kier alpha value is -4.76. The zero-order valence-electron chi connectivity index (χ0n) is 26.9. The first-order valence-corrected chi connectivity index (χ1v) is 15.7. The molecule has 9 heteroatoms. The van der Waals surface area contributed by atoms with Crippen LogP contribution in [0.1, 0.15) is 55.7 Å². The lowest BCUT2D eigenvalue weighted by atomic mass is 9.68. The van der Waals surface area contributed by atoms with E-state index < -0.39 is 22.8 Å². The highest BCUT2D eigenvalue weighted by molar-refractivity contribution is 5.99. The minimum atomic E-state index is -0.789. The van der Waals surface area contributed by atoms with Crippen LogP contribution in [0.15, 0.2) is 107 Å². The number of nitro benzene ring substituents is 1. The lowest BCUT2D eigenvalue weighted by Gasteiger charge is -2.43. The molecule has 0 bridgehead atoms. The first-order valence-electron chi connectivity index (χ1n) is 15.7. The summed E-state index contributed by atoms with van der Waals surface area (Å²) in [4.78, 5) is 41.8. The van der Waals surface area contributed by atoms with Crippen LogP contribution in [0.5, 0.6) is 0 Å². The van der Waals surface area contributed by atoms with Crippen LogP contribution < -0.4 is 0 Å². The number of rotatable bonds is 10. The van der Waals surface area contributed by atoms with Gasteiger partial charge in [0, 0.05) is 42.5 Å². The third-order valence-electron chi connectivity index (χ3n) is 9.64. The molecule has 0 aromatic heterocycles. The number of carbonyl (C=O) groups is 2. The number of methoxy groups -OCH3 is 1. The van der Waals surface area contributed by atoms with Gasteiger partial charge in [-0.2, -0.15) is 0 Å². The van der Waals surface area contributed by atoms with Crippen molar-refractivity contribution in [2.45, 2.75) is 44.4 Å². The number of nitrogens with zero attached hydrogens (tertiary/aromatic N) is 3. The number of carbonyl (C=O) groups excluding carboxylic acids is 2. The zero-order valence-corrected chi connectivity index (χ0v) is 26.9. The lowest BCUT2D eigenvalue weighted by molar-refractivity contribution is -0.384. The molecule has 5 rings (SSSR count). The van der Waals surface area contributed by atoms with Gasteiger partial charge in [-0.1, -0.05) is 72.8 Å². The van der Waals surface area contributed by atoms with Crippen molar-refractivity contribution < 1.29 is 24.0 Å². The molecule has 240 valence electrons. The summed E-state index contributed by atoms with van der Waals surface area (Å²) in [5.41, 5.74) is 5.04. The maximum absolute atomic E-state index is 13.7. The molecular formula is C37H41N3O6. The van der Waals surface area contributed by atoms with Crippen LogP contribution in [0.2, 0.25) is 0 Å². The molecule has 2 aliphatic rings. The molecular weight excluding hydrogens is 582 g/mol. The molecule has 3 aromatic carbocycles. The molecule has 46 heavy (non-hydrogen) atoms. The van der Waals surface area contributed by atoms with Gasteiger partial charge >= 0.3 is 11.9 Å². The molecule has 0 saturated carbocycles. The molecule has 1 fully saturated rings. The second-order valence-electron chi connectivity index (χ2n) is 12.0. The largest absolute Gasteiger partial charge is 0.466 e. The predicted molar refractivity (Wildman–Crippen MR) is 176 cm³/mol. The van der Waals surface area contributed by atoms with E-state index in [9.17, 15) is 19.7 Å². The topological polar surface area (TPSA) is 102 Å².